The Hall–Kier alpha value is -2.60. The molecule has 1 aliphatic carbocycles. The minimum absolute atomic E-state index is 0.0236. The van der Waals surface area contributed by atoms with Crippen molar-refractivity contribution in [1.82, 2.24) is 0 Å². The third-order valence-corrected chi connectivity index (χ3v) is 6.22. The first-order valence-corrected chi connectivity index (χ1v) is 10.4. The molecule has 0 fully saturated rings. The maximum atomic E-state index is 13.3. The maximum absolute atomic E-state index is 13.3. The molecule has 162 valence electrons. The zero-order chi connectivity index (χ0) is 22.6. The lowest BCUT2D eigenvalue weighted by Gasteiger charge is -2.43. The summed E-state index contributed by atoms with van der Waals surface area (Å²) in [5.74, 6) is -0.792. The predicted molar refractivity (Wildman–Crippen MR) is 113 cm³/mol. The lowest BCUT2D eigenvalue weighted by Crippen LogP contribution is -2.43. The van der Waals surface area contributed by atoms with Crippen LogP contribution in [0.2, 0.25) is 5.02 Å². The van der Waals surface area contributed by atoms with E-state index < -0.39 is 17.7 Å². The van der Waals surface area contributed by atoms with Crippen molar-refractivity contribution < 1.29 is 22.8 Å². The number of hydrogen-bond donors (Lipinski definition) is 0. The topological polar surface area (TPSA) is 37.4 Å². The molecule has 0 N–H and O–H groups in total. The van der Waals surface area contributed by atoms with E-state index in [1.807, 2.05) is 26.0 Å². The Kier molecular flexibility index (Phi) is 5.24. The van der Waals surface area contributed by atoms with Gasteiger partial charge in [-0.2, -0.15) is 13.2 Å². The zero-order valence-corrected chi connectivity index (χ0v) is 17.8. The minimum atomic E-state index is -4.47. The zero-order valence-electron chi connectivity index (χ0n) is 17.1. The van der Waals surface area contributed by atoms with Crippen molar-refractivity contribution in [2.45, 2.75) is 45.2 Å². The predicted octanol–water partition coefficient (Wildman–Crippen LogP) is 6.52. The summed E-state index contributed by atoms with van der Waals surface area (Å²) in [5.41, 5.74) is 0.972. The first-order chi connectivity index (χ1) is 14.5. The molecule has 1 atom stereocenters. The van der Waals surface area contributed by atoms with Gasteiger partial charge in [0, 0.05) is 40.7 Å². The highest BCUT2D eigenvalue weighted by Gasteiger charge is 2.44. The van der Waals surface area contributed by atoms with Crippen LogP contribution in [0.25, 0.3) is 0 Å². The number of allylic oxidation sites excluding steroid dienone is 2. The molecule has 1 amide bonds. The molecule has 0 saturated carbocycles. The number of carbonyl (C=O) groups is 2. The smallest absolute Gasteiger partial charge is 0.294 e. The molecule has 3 nitrogen and oxygen atoms in total. The molecule has 7 heteroatoms. The highest BCUT2D eigenvalue weighted by atomic mass is 35.5. The molecule has 0 radical (unpaired) electrons. The van der Waals surface area contributed by atoms with Gasteiger partial charge < -0.3 is 0 Å². The molecule has 0 aromatic heterocycles. The van der Waals surface area contributed by atoms with Gasteiger partial charge in [0.15, 0.2) is 5.78 Å². The number of rotatable bonds is 2. The molecule has 2 aliphatic rings. The number of Topliss-reactive ketones (excluding diaryl/α,β-unsaturated/α-hetero) is 1. The minimum Gasteiger partial charge on any atom is -0.294 e. The third kappa shape index (κ3) is 4.01. The van der Waals surface area contributed by atoms with Crippen molar-refractivity contribution in [3.8, 4) is 0 Å². The van der Waals surface area contributed by atoms with E-state index in [1.165, 1.54) is 17.0 Å². The monoisotopic (exact) mass is 447 g/mol. The Morgan fingerprint density at radius 3 is 2.26 bits per heavy atom. The molecule has 1 aliphatic heterocycles. The molecule has 1 heterocycles. The Labute approximate surface area is 183 Å². The molecule has 4 rings (SSSR count). The van der Waals surface area contributed by atoms with E-state index in [4.69, 9.17) is 11.6 Å². The molecule has 2 aromatic carbocycles. The van der Waals surface area contributed by atoms with Crippen LogP contribution in [-0.2, 0) is 15.8 Å². The molecule has 1 unspecified atom stereocenters. The highest BCUT2D eigenvalue weighted by molar-refractivity contribution is 6.31. The second kappa shape index (κ2) is 7.52. The van der Waals surface area contributed by atoms with Crippen molar-refractivity contribution in [2.75, 3.05) is 4.90 Å². The largest absolute Gasteiger partial charge is 0.416 e. The lowest BCUT2D eigenvalue weighted by atomic mass is 9.69. The van der Waals surface area contributed by atoms with Crippen LogP contribution in [0.1, 0.15) is 50.2 Å². The molecular weight excluding hydrogens is 427 g/mol. The van der Waals surface area contributed by atoms with Gasteiger partial charge in [-0.15, -0.1) is 0 Å². The number of nitrogens with zero attached hydrogens (tertiary/aromatic N) is 1. The molecule has 2 aromatic rings. The second-order valence-electron chi connectivity index (χ2n) is 8.85. The van der Waals surface area contributed by atoms with Gasteiger partial charge in [0.05, 0.1) is 5.56 Å². The summed E-state index contributed by atoms with van der Waals surface area (Å²) in [6.45, 7) is 3.90. The third-order valence-electron chi connectivity index (χ3n) is 5.88. The number of halogens is 4. The van der Waals surface area contributed by atoms with Gasteiger partial charge in [-0.05, 0) is 47.7 Å². The van der Waals surface area contributed by atoms with Crippen molar-refractivity contribution in [3.05, 3.63) is 76.0 Å². The molecular formula is C24H21ClF3NO2. The van der Waals surface area contributed by atoms with Crippen LogP contribution in [0.3, 0.4) is 0 Å². The molecule has 31 heavy (non-hydrogen) atoms. The van der Waals surface area contributed by atoms with Crippen molar-refractivity contribution in [3.63, 3.8) is 0 Å². The number of amides is 1. The quantitative estimate of drug-likeness (QED) is 0.525. The fraction of sp³-hybridized carbons (Fsp3) is 0.333. The summed E-state index contributed by atoms with van der Waals surface area (Å²) in [5, 5.41) is 0.479. The summed E-state index contributed by atoms with van der Waals surface area (Å²) < 4.78 is 39.0. The summed E-state index contributed by atoms with van der Waals surface area (Å²) in [7, 11) is 0. The number of anilines is 1. The van der Waals surface area contributed by atoms with E-state index in [0.29, 0.717) is 40.4 Å². The average Bonchev–Trinajstić information content (AvgIpc) is 2.66. The van der Waals surface area contributed by atoms with Gasteiger partial charge in [-0.25, -0.2) is 0 Å². The van der Waals surface area contributed by atoms with Gasteiger partial charge in [-0.3, -0.25) is 14.5 Å². The second-order valence-corrected chi connectivity index (χ2v) is 9.26. The van der Waals surface area contributed by atoms with Crippen LogP contribution in [0, 0.1) is 5.41 Å². The van der Waals surface area contributed by atoms with Gasteiger partial charge in [0.2, 0.25) is 5.91 Å². The van der Waals surface area contributed by atoms with Gasteiger partial charge in [-0.1, -0.05) is 43.6 Å². The van der Waals surface area contributed by atoms with Gasteiger partial charge in [0.1, 0.15) is 0 Å². The Balaban J connectivity index is 1.86. The average molecular weight is 448 g/mol. The Morgan fingerprint density at radius 2 is 1.65 bits per heavy atom. The normalized spacial score (nSPS) is 21.4. The van der Waals surface area contributed by atoms with Crippen LogP contribution in [0.15, 0.2) is 59.8 Å². The van der Waals surface area contributed by atoms with Crippen LogP contribution in [-0.4, -0.2) is 11.7 Å². The Morgan fingerprint density at radius 1 is 1.00 bits per heavy atom. The summed E-state index contributed by atoms with van der Waals surface area (Å²) >= 11 is 6.39. The van der Waals surface area contributed by atoms with Gasteiger partial charge in [0.25, 0.3) is 0 Å². The fourth-order valence-electron chi connectivity index (χ4n) is 4.54. The summed E-state index contributed by atoms with van der Waals surface area (Å²) in [6.07, 6.45) is -3.65. The molecule has 0 spiro atoms. The number of ketones is 1. The van der Waals surface area contributed by atoms with E-state index in [9.17, 15) is 22.8 Å². The maximum Gasteiger partial charge on any atom is 0.416 e. The number of benzene rings is 2. The molecule has 0 saturated heterocycles. The SMILES string of the molecule is CC1(C)CC(=O)C2=C(C1)N(c1ccc(C(F)(F)F)cc1)C(=O)CC2c1ccccc1Cl. The lowest BCUT2D eigenvalue weighted by molar-refractivity contribution is -0.137. The summed E-state index contributed by atoms with van der Waals surface area (Å²) in [6, 6.07) is 11.6. The highest BCUT2D eigenvalue weighted by Crippen LogP contribution is 2.49. The van der Waals surface area contributed by atoms with Crippen LogP contribution in [0.5, 0.6) is 0 Å². The number of alkyl halides is 3. The van der Waals surface area contributed by atoms with E-state index in [2.05, 4.69) is 0 Å². The fourth-order valence-corrected chi connectivity index (χ4v) is 4.81. The van der Waals surface area contributed by atoms with E-state index >= 15 is 0 Å². The first kappa shape index (κ1) is 21.6. The Bertz CT molecular complexity index is 1090. The van der Waals surface area contributed by atoms with Gasteiger partial charge >= 0.3 is 6.18 Å². The van der Waals surface area contributed by atoms with E-state index in [-0.39, 0.29) is 23.5 Å². The summed E-state index contributed by atoms with van der Waals surface area (Å²) in [4.78, 5) is 27.9. The number of carbonyl (C=O) groups excluding carboxylic acids is 2. The van der Waals surface area contributed by atoms with Crippen LogP contribution >= 0.6 is 11.6 Å². The first-order valence-electron chi connectivity index (χ1n) is 9.99. The standard InChI is InChI=1S/C24H21ClF3NO2/c1-23(2)12-19-22(20(30)13-23)17(16-5-3-4-6-18(16)25)11-21(31)29(19)15-9-7-14(8-10-15)24(26,27)28/h3-10,17H,11-13H2,1-2H3. The van der Waals surface area contributed by atoms with Crippen LogP contribution in [0.4, 0.5) is 18.9 Å². The molecule has 0 bridgehead atoms. The van der Waals surface area contributed by atoms with Crippen molar-refractivity contribution in [2.24, 2.45) is 5.41 Å². The van der Waals surface area contributed by atoms with Crippen LogP contribution < -0.4 is 4.90 Å². The van der Waals surface area contributed by atoms with E-state index in [0.717, 1.165) is 12.1 Å². The van der Waals surface area contributed by atoms with Crippen molar-refractivity contribution >= 4 is 29.0 Å². The van der Waals surface area contributed by atoms with E-state index in [1.54, 1.807) is 12.1 Å². The van der Waals surface area contributed by atoms with Crippen molar-refractivity contribution in [1.29, 1.82) is 0 Å². The number of hydrogen-bond acceptors (Lipinski definition) is 2.